The van der Waals surface area contributed by atoms with Gasteiger partial charge in [-0.15, -0.1) is 0 Å². The van der Waals surface area contributed by atoms with Gasteiger partial charge in [-0.1, -0.05) is 18.2 Å². The van der Waals surface area contributed by atoms with Gasteiger partial charge < -0.3 is 10.2 Å². The van der Waals surface area contributed by atoms with Crippen molar-refractivity contribution >= 4 is 35.1 Å². The summed E-state index contributed by atoms with van der Waals surface area (Å²) in [7, 11) is 0. The van der Waals surface area contributed by atoms with Crippen LogP contribution in [0.2, 0.25) is 0 Å². The highest BCUT2D eigenvalue weighted by Crippen LogP contribution is 2.31. The minimum absolute atomic E-state index is 0.216. The number of nitrogens with one attached hydrogen (secondary N) is 2. The number of piperidine rings is 1. The standard InChI is InChI=1S/C22H20N4O4/c27-19-8-7-18(20(28)24-19)26-12-14-11-15(5-6-16(14)21(26)29)23-22(30)25-10-9-13-3-1-2-4-17(13)25/h1-6,11,18H,7-10,12H2,(H,23,30)(H,24,27,28). The molecule has 30 heavy (non-hydrogen) atoms. The quantitative estimate of drug-likeness (QED) is 0.749. The predicted octanol–water partition coefficient (Wildman–Crippen LogP) is 2.04. The summed E-state index contributed by atoms with van der Waals surface area (Å²) in [5.74, 6) is -0.978. The molecule has 0 bridgehead atoms. The zero-order valence-electron chi connectivity index (χ0n) is 16.2. The van der Waals surface area contributed by atoms with Crippen molar-refractivity contribution < 1.29 is 19.2 Å². The Labute approximate surface area is 172 Å². The highest BCUT2D eigenvalue weighted by molar-refractivity contribution is 6.06. The van der Waals surface area contributed by atoms with Crippen molar-refractivity contribution in [3.8, 4) is 0 Å². The monoisotopic (exact) mass is 404 g/mol. The van der Waals surface area contributed by atoms with Gasteiger partial charge in [-0.2, -0.15) is 0 Å². The van der Waals surface area contributed by atoms with E-state index in [9.17, 15) is 19.2 Å². The highest BCUT2D eigenvalue weighted by Gasteiger charge is 2.39. The molecule has 5 rings (SSSR count). The molecule has 5 amide bonds. The third-order valence-corrected chi connectivity index (χ3v) is 5.91. The van der Waals surface area contributed by atoms with Crippen LogP contribution < -0.4 is 15.5 Å². The van der Waals surface area contributed by atoms with Crippen molar-refractivity contribution in [1.29, 1.82) is 0 Å². The normalized spacial score (nSPS) is 20.1. The first-order valence-corrected chi connectivity index (χ1v) is 9.95. The SMILES string of the molecule is O=C1CCC(N2Cc3cc(NC(=O)N4CCc5ccccc54)ccc3C2=O)C(=O)N1. The molecule has 8 nitrogen and oxygen atoms in total. The van der Waals surface area contributed by atoms with E-state index in [2.05, 4.69) is 10.6 Å². The van der Waals surface area contributed by atoms with Crippen LogP contribution in [0.4, 0.5) is 16.2 Å². The Kier molecular flexibility index (Phi) is 4.27. The number of nitrogens with zero attached hydrogens (tertiary/aromatic N) is 2. The molecular formula is C22H20N4O4. The predicted molar refractivity (Wildman–Crippen MR) is 109 cm³/mol. The molecule has 3 aliphatic heterocycles. The molecule has 0 spiro atoms. The lowest BCUT2D eigenvalue weighted by molar-refractivity contribution is -0.136. The molecule has 3 heterocycles. The number of amides is 5. The van der Waals surface area contributed by atoms with Crippen LogP contribution in [0.15, 0.2) is 42.5 Å². The minimum atomic E-state index is -0.651. The van der Waals surface area contributed by atoms with Crippen LogP contribution in [0.25, 0.3) is 0 Å². The Morgan fingerprint density at radius 2 is 1.87 bits per heavy atom. The summed E-state index contributed by atoms with van der Waals surface area (Å²) in [6.45, 7) is 0.897. The van der Waals surface area contributed by atoms with E-state index in [1.54, 1.807) is 23.1 Å². The zero-order chi connectivity index (χ0) is 20.8. The Morgan fingerprint density at radius 1 is 1.03 bits per heavy atom. The Morgan fingerprint density at radius 3 is 2.70 bits per heavy atom. The van der Waals surface area contributed by atoms with E-state index < -0.39 is 11.9 Å². The summed E-state index contributed by atoms with van der Waals surface area (Å²) >= 11 is 0. The Hall–Kier alpha value is -3.68. The minimum Gasteiger partial charge on any atom is -0.322 e. The third-order valence-electron chi connectivity index (χ3n) is 5.91. The lowest BCUT2D eigenvalue weighted by Crippen LogP contribution is -2.52. The summed E-state index contributed by atoms with van der Waals surface area (Å²) in [6.07, 6.45) is 1.36. The van der Waals surface area contributed by atoms with E-state index >= 15 is 0 Å². The van der Waals surface area contributed by atoms with Crippen LogP contribution in [0, 0.1) is 0 Å². The topological polar surface area (TPSA) is 98.8 Å². The number of carbonyl (C=O) groups excluding carboxylic acids is 4. The first-order chi connectivity index (χ1) is 14.5. The first kappa shape index (κ1) is 18.4. The molecular weight excluding hydrogens is 384 g/mol. The Bertz CT molecular complexity index is 1100. The van der Waals surface area contributed by atoms with Crippen LogP contribution in [0.1, 0.15) is 34.3 Å². The van der Waals surface area contributed by atoms with Gasteiger partial charge in [-0.05, 0) is 48.2 Å². The number of hydrogen-bond donors (Lipinski definition) is 2. The van der Waals surface area contributed by atoms with E-state index in [0.717, 1.165) is 23.2 Å². The molecule has 3 aliphatic rings. The number of rotatable bonds is 2. The summed E-state index contributed by atoms with van der Waals surface area (Å²) < 4.78 is 0. The molecule has 0 radical (unpaired) electrons. The Balaban J connectivity index is 1.32. The number of anilines is 2. The largest absolute Gasteiger partial charge is 0.326 e. The molecule has 2 N–H and O–H groups in total. The summed E-state index contributed by atoms with van der Waals surface area (Å²) in [4.78, 5) is 52.3. The van der Waals surface area contributed by atoms with Crippen LogP contribution in [0.5, 0.6) is 0 Å². The summed E-state index contributed by atoms with van der Waals surface area (Å²) in [5, 5.41) is 5.21. The maximum Gasteiger partial charge on any atom is 0.326 e. The van der Waals surface area contributed by atoms with E-state index in [-0.39, 0.29) is 30.8 Å². The van der Waals surface area contributed by atoms with Crippen molar-refractivity contribution in [2.75, 3.05) is 16.8 Å². The van der Waals surface area contributed by atoms with E-state index in [1.165, 1.54) is 4.90 Å². The van der Waals surface area contributed by atoms with E-state index in [4.69, 9.17) is 0 Å². The molecule has 1 fully saturated rings. The van der Waals surface area contributed by atoms with Gasteiger partial charge in [-0.25, -0.2) is 4.79 Å². The number of urea groups is 1. The number of fused-ring (bicyclic) bond motifs is 2. The molecule has 8 heteroatoms. The average Bonchev–Trinajstić information content (AvgIpc) is 3.29. The van der Waals surface area contributed by atoms with Gasteiger partial charge in [0.2, 0.25) is 11.8 Å². The van der Waals surface area contributed by atoms with Crippen molar-refractivity contribution in [2.45, 2.75) is 31.8 Å². The summed E-state index contributed by atoms with van der Waals surface area (Å²) in [5.41, 5.74) is 3.93. The third kappa shape index (κ3) is 3.01. The number of hydrogen-bond acceptors (Lipinski definition) is 4. The van der Waals surface area contributed by atoms with Gasteiger partial charge in [0, 0.05) is 36.4 Å². The van der Waals surface area contributed by atoms with Crippen LogP contribution in [-0.4, -0.2) is 41.2 Å². The van der Waals surface area contributed by atoms with Gasteiger partial charge in [0.05, 0.1) is 0 Å². The molecule has 0 aromatic heterocycles. The second-order valence-electron chi connectivity index (χ2n) is 7.73. The van der Waals surface area contributed by atoms with Crippen molar-refractivity contribution in [2.24, 2.45) is 0 Å². The van der Waals surface area contributed by atoms with Gasteiger partial charge in [0.25, 0.3) is 5.91 Å². The van der Waals surface area contributed by atoms with Gasteiger partial charge >= 0.3 is 6.03 Å². The average molecular weight is 404 g/mol. The fourth-order valence-electron chi connectivity index (χ4n) is 4.39. The van der Waals surface area contributed by atoms with Gasteiger partial charge in [-0.3, -0.25) is 24.6 Å². The molecule has 1 atom stereocenters. The van der Waals surface area contributed by atoms with Crippen LogP contribution in [0.3, 0.4) is 0 Å². The smallest absolute Gasteiger partial charge is 0.322 e. The fourth-order valence-corrected chi connectivity index (χ4v) is 4.39. The first-order valence-electron chi connectivity index (χ1n) is 9.95. The molecule has 0 aliphatic carbocycles. The van der Waals surface area contributed by atoms with Crippen molar-refractivity contribution in [3.05, 3.63) is 59.2 Å². The second-order valence-corrected chi connectivity index (χ2v) is 7.73. The second kappa shape index (κ2) is 6.98. The zero-order valence-corrected chi connectivity index (χ0v) is 16.2. The van der Waals surface area contributed by atoms with Gasteiger partial charge in [0.1, 0.15) is 6.04 Å². The molecule has 0 saturated carbocycles. The van der Waals surface area contributed by atoms with E-state index in [0.29, 0.717) is 24.2 Å². The molecule has 2 aromatic rings. The molecule has 152 valence electrons. The molecule has 1 saturated heterocycles. The fraction of sp³-hybridized carbons (Fsp3) is 0.273. The number of benzene rings is 2. The number of carbonyl (C=O) groups is 4. The highest BCUT2D eigenvalue weighted by atomic mass is 16.2. The maximum atomic E-state index is 12.8. The van der Waals surface area contributed by atoms with Crippen LogP contribution in [-0.2, 0) is 22.6 Å². The van der Waals surface area contributed by atoms with Crippen LogP contribution >= 0.6 is 0 Å². The van der Waals surface area contributed by atoms with E-state index in [1.807, 2.05) is 24.3 Å². The summed E-state index contributed by atoms with van der Waals surface area (Å²) in [6, 6.07) is 12.1. The molecule has 2 aromatic carbocycles. The lowest BCUT2D eigenvalue weighted by atomic mass is 10.0. The molecule has 1 unspecified atom stereocenters. The van der Waals surface area contributed by atoms with Gasteiger partial charge in [0.15, 0.2) is 0 Å². The number of para-hydroxylation sites is 1. The number of imide groups is 1. The maximum absolute atomic E-state index is 12.8. The van der Waals surface area contributed by atoms with Crippen molar-refractivity contribution in [3.63, 3.8) is 0 Å². The lowest BCUT2D eigenvalue weighted by Gasteiger charge is -2.29. The van der Waals surface area contributed by atoms with Crippen molar-refractivity contribution in [1.82, 2.24) is 10.2 Å².